The van der Waals surface area contributed by atoms with Crippen molar-refractivity contribution in [2.45, 2.75) is 38.7 Å². The highest BCUT2D eigenvalue weighted by Gasteiger charge is 2.18. The highest BCUT2D eigenvalue weighted by atomic mass is 19.1. The summed E-state index contributed by atoms with van der Waals surface area (Å²) in [6.45, 7) is 1.81. The van der Waals surface area contributed by atoms with Crippen LogP contribution in [0.5, 0.6) is 0 Å². The van der Waals surface area contributed by atoms with Crippen molar-refractivity contribution < 1.29 is 14.0 Å². The van der Waals surface area contributed by atoms with E-state index in [2.05, 4.69) is 5.48 Å². The summed E-state index contributed by atoms with van der Waals surface area (Å²) in [4.78, 5) is 16.9. The van der Waals surface area contributed by atoms with E-state index in [1.165, 1.54) is 12.1 Å². The number of hydroxylamine groups is 1. The molecule has 1 saturated carbocycles. The van der Waals surface area contributed by atoms with Crippen molar-refractivity contribution in [1.29, 1.82) is 0 Å². The SMILES string of the molecule is Cc1ccc(F)c(C(=O)NOC2CCCC2)c1. The molecule has 1 amide bonds. The zero-order chi connectivity index (χ0) is 12.3. The average molecular weight is 237 g/mol. The van der Waals surface area contributed by atoms with Crippen LogP contribution in [0.1, 0.15) is 41.6 Å². The Morgan fingerprint density at radius 2 is 2.12 bits per heavy atom. The molecule has 1 aliphatic carbocycles. The molecule has 3 nitrogen and oxygen atoms in total. The van der Waals surface area contributed by atoms with Gasteiger partial charge in [-0.15, -0.1) is 0 Å². The van der Waals surface area contributed by atoms with E-state index in [1.54, 1.807) is 6.07 Å². The molecule has 0 bridgehead atoms. The molecule has 0 heterocycles. The van der Waals surface area contributed by atoms with E-state index in [9.17, 15) is 9.18 Å². The van der Waals surface area contributed by atoms with Gasteiger partial charge in [0, 0.05) is 0 Å². The molecule has 17 heavy (non-hydrogen) atoms. The second-order valence-corrected chi connectivity index (χ2v) is 4.44. The molecule has 1 aliphatic rings. The molecule has 0 aromatic heterocycles. The minimum absolute atomic E-state index is 0.0306. The van der Waals surface area contributed by atoms with Gasteiger partial charge in [-0.1, -0.05) is 24.5 Å². The number of amides is 1. The van der Waals surface area contributed by atoms with E-state index >= 15 is 0 Å². The largest absolute Gasteiger partial charge is 0.277 e. The number of carbonyl (C=O) groups is 1. The van der Waals surface area contributed by atoms with Crippen LogP contribution >= 0.6 is 0 Å². The molecular formula is C13H16FNO2. The van der Waals surface area contributed by atoms with Crippen LogP contribution < -0.4 is 5.48 Å². The third-order valence-electron chi connectivity index (χ3n) is 2.99. The molecule has 0 radical (unpaired) electrons. The minimum Gasteiger partial charge on any atom is -0.270 e. The predicted octanol–water partition coefficient (Wildman–Crippen LogP) is 2.74. The fourth-order valence-corrected chi connectivity index (χ4v) is 2.01. The number of carbonyl (C=O) groups excluding carboxylic acids is 1. The van der Waals surface area contributed by atoms with Crippen LogP contribution in [0.3, 0.4) is 0 Å². The standard InChI is InChI=1S/C13H16FNO2/c1-9-6-7-12(14)11(8-9)13(16)15-17-10-4-2-3-5-10/h6-8,10H,2-5H2,1H3,(H,15,16). The van der Waals surface area contributed by atoms with Crippen LogP contribution in [0, 0.1) is 12.7 Å². The van der Waals surface area contributed by atoms with Gasteiger partial charge in [-0.05, 0) is 31.9 Å². The summed E-state index contributed by atoms with van der Waals surface area (Å²) in [7, 11) is 0. The van der Waals surface area contributed by atoms with E-state index in [4.69, 9.17) is 4.84 Å². The lowest BCUT2D eigenvalue weighted by Crippen LogP contribution is -2.29. The molecule has 4 heteroatoms. The first-order valence-corrected chi connectivity index (χ1v) is 5.89. The number of hydrogen-bond donors (Lipinski definition) is 1. The number of rotatable bonds is 3. The zero-order valence-electron chi connectivity index (χ0n) is 9.83. The molecule has 92 valence electrons. The van der Waals surface area contributed by atoms with Crippen LogP contribution in [0.15, 0.2) is 18.2 Å². The Bertz CT molecular complexity index is 414. The van der Waals surface area contributed by atoms with Crippen molar-refractivity contribution in [3.05, 3.63) is 35.1 Å². The van der Waals surface area contributed by atoms with Crippen molar-refractivity contribution in [2.24, 2.45) is 0 Å². The topological polar surface area (TPSA) is 38.3 Å². The summed E-state index contributed by atoms with van der Waals surface area (Å²) in [5.74, 6) is -1.04. The Morgan fingerprint density at radius 1 is 1.41 bits per heavy atom. The molecule has 0 atom stereocenters. The van der Waals surface area contributed by atoms with E-state index in [1.807, 2.05) is 6.92 Å². The third kappa shape index (κ3) is 3.03. The average Bonchev–Trinajstić information content (AvgIpc) is 2.82. The van der Waals surface area contributed by atoms with Crippen molar-refractivity contribution in [1.82, 2.24) is 5.48 Å². The van der Waals surface area contributed by atoms with Gasteiger partial charge in [-0.3, -0.25) is 9.63 Å². The number of nitrogens with one attached hydrogen (secondary N) is 1. The number of aryl methyl sites for hydroxylation is 1. The van der Waals surface area contributed by atoms with Crippen LogP contribution in [0.4, 0.5) is 4.39 Å². The van der Waals surface area contributed by atoms with Crippen LogP contribution in [0.2, 0.25) is 0 Å². The summed E-state index contributed by atoms with van der Waals surface area (Å²) in [6.07, 6.45) is 4.23. The van der Waals surface area contributed by atoms with Crippen molar-refractivity contribution in [3.63, 3.8) is 0 Å². The fraction of sp³-hybridized carbons (Fsp3) is 0.462. The molecule has 1 fully saturated rings. The van der Waals surface area contributed by atoms with Gasteiger partial charge in [-0.2, -0.15) is 0 Å². The summed E-state index contributed by atoms with van der Waals surface area (Å²) in [6, 6.07) is 4.44. The van der Waals surface area contributed by atoms with Crippen molar-refractivity contribution >= 4 is 5.91 Å². The maximum absolute atomic E-state index is 13.4. The summed E-state index contributed by atoms with van der Waals surface area (Å²) in [5.41, 5.74) is 3.21. The zero-order valence-corrected chi connectivity index (χ0v) is 9.83. The molecule has 0 aliphatic heterocycles. The number of benzene rings is 1. The smallest absolute Gasteiger partial charge is 0.270 e. The number of hydrogen-bond acceptors (Lipinski definition) is 2. The van der Waals surface area contributed by atoms with E-state index in [0.717, 1.165) is 31.2 Å². The lowest BCUT2D eigenvalue weighted by atomic mass is 10.1. The first kappa shape index (κ1) is 12.0. The first-order chi connectivity index (χ1) is 8.16. The normalized spacial score (nSPS) is 16.1. The van der Waals surface area contributed by atoms with Crippen molar-refractivity contribution in [3.8, 4) is 0 Å². The first-order valence-electron chi connectivity index (χ1n) is 5.89. The van der Waals surface area contributed by atoms with Gasteiger partial charge >= 0.3 is 0 Å². The molecule has 1 N–H and O–H groups in total. The molecule has 1 aromatic rings. The lowest BCUT2D eigenvalue weighted by molar-refractivity contribution is -0.0127. The van der Waals surface area contributed by atoms with Crippen LogP contribution in [-0.2, 0) is 4.84 Å². The van der Waals surface area contributed by atoms with E-state index in [-0.39, 0.29) is 11.7 Å². The highest BCUT2D eigenvalue weighted by Crippen LogP contribution is 2.20. The maximum atomic E-state index is 13.4. The summed E-state index contributed by atoms with van der Waals surface area (Å²) in [5, 5.41) is 0. The monoisotopic (exact) mass is 237 g/mol. The molecule has 0 spiro atoms. The molecule has 2 rings (SSSR count). The predicted molar refractivity (Wildman–Crippen MR) is 61.9 cm³/mol. The Balaban J connectivity index is 1.96. The van der Waals surface area contributed by atoms with Gasteiger partial charge in [0.2, 0.25) is 0 Å². The van der Waals surface area contributed by atoms with Crippen LogP contribution in [-0.4, -0.2) is 12.0 Å². The fourth-order valence-electron chi connectivity index (χ4n) is 2.01. The molecular weight excluding hydrogens is 221 g/mol. The third-order valence-corrected chi connectivity index (χ3v) is 2.99. The van der Waals surface area contributed by atoms with Gasteiger partial charge in [0.15, 0.2) is 0 Å². The van der Waals surface area contributed by atoms with Crippen molar-refractivity contribution in [2.75, 3.05) is 0 Å². The van der Waals surface area contributed by atoms with Gasteiger partial charge in [0.25, 0.3) is 5.91 Å². The molecule has 1 aromatic carbocycles. The lowest BCUT2D eigenvalue weighted by Gasteiger charge is -2.11. The van der Waals surface area contributed by atoms with Gasteiger partial charge < -0.3 is 0 Å². The summed E-state index contributed by atoms with van der Waals surface area (Å²) < 4.78 is 13.4. The Morgan fingerprint density at radius 3 is 2.82 bits per heavy atom. The van der Waals surface area contributed by atoms with Crippen LogP contribution in [0.25, 0.3) is 0 Å². The second-order valence-electron chi connectivity index (χ2n) is 4.44. The Hall–Kier alpha value is -1.42. The molecule has 0 unspecified atom stereocenters. The summed E-state index contributed by atoms with van der Waals surface area (Å²) >= 11 is 0. The van der Waals surface area contributed by atoms with Gasteiger partial charge in [0.1, 0.15) is 5.82 Å². The number of halogens is 1. The quantitative estimate of drug-likeness (QED) is 0.821. The van der Waals surface area contributed by atoms with E-state index in [0.29, 0.717) is 0 Å². The maximum Gasteiger partial charge on any atom is 0.277 e. The minimum atomic E-state index is -0.525. The second kappa shape index (κ2) is 5.27. The Kier molecular flexibility index (Phi) is 3.74. The van der Waals surface area contributed by atoms with E-state index < -0.39 is 11.7 Å². The Labute approximate surface area is 99.9 Å². The van der Waals surface area contributed by atoms with Gasteiger partial charge in [0.05, 0.1) is 11.7 Å². The molecule has 0 saturated heterocycles. The highest BCUT2D eigenvalue weighted by molar-refractivity contribution is 5.93. The van der Waals surface area contributed by atoms with Gasteiger partial charge in [-0.25, -0.2) is 9.87 Å².